The number of rotatable bonds is 6. The van der Waals surface area contributed by atoms with Crippen molar-refractivity contribution in [3.63, 3.8) is 0 Å². The molecule has 0 saturated carbocycles. The summed E-state index contributed by atoms with van der Waals surface area (Å²) in [6.45, 7) is 8.83. The molecule has 5 nitrogen and oxygen atoms in total. The Bertz CT molecular complexity index is 909. The first-order chi connectivity index (χ1) is 13.8. The molecule has 1 aromatic heterocycles. The van der Waals surface area contributed by atoms with Gasteiger partial charge in [0.1, 0.15) is 5.60 Å². The van der Waals surface area contributed by atoms with Gasteiger partial charge >= 0.3 is 5.97 Å². The Morgan fingerprint density at radius 3 is 1.86 bits per heavy atom. The summed E-state index contributed by atoms with van der Waals surface area (Å²) in [6.07, 6.45) is 0. The highest BCUT2D eigenvalue weighted by atomic mass is 16.6. The van der Waals surface area contributed by atoms with Crippen LogP contribution in [0.15, 0.2) is 66.7 Å². The van der Waals surface area contributed by atoms with E-state index in [1.807, 2.05) is 64.1 Å². The third kappa shape index (κ3) is 5.88. The van der Waals surface area contributed by atoms with Crippen LogP contribution in [0.1, 0.15) is 48.0 Å². The van der Waals surface area contributed by atoms with Crippen LogP contribution in [0.2, 0.25) is 0 Å². The number of hydrogen-bond acceptors (Lipinski definition) is 5. The summed E-state index contributed by atoms with van der Waals surface area (Å²) >= 11 is 0. The lowest BCUT2D eigenvalue weighted by molar-refractivity contribution is 0.00615. The van der Waals surface area contributed by atoms with E-state index in [1.165, 1.54) is 11.1 Å². The fourth-order valence-electron chi connectivity index (χ4n) is 3.03. The zero-order valence-corrected chi connectivity index (χ0v) is 17.4. The number of aromatic nitrogens is 2. The van der Waals surface area contributed by atoms with Gasteiger partial charge < -0.3 is 9.64 Å². The molecule has 0 spiro atoms. The molecule has 1 heterocycles. The third-order valence-electron chi connectivity index (χ3n) is 4.30. The van der Waals surface area contributed by atoms with E-state index in [-0.39, 0.29) is 5.69 Å². The summed E-state index contributed by atoms with van der Waals surface area (Å²) in [4.78, 5) is 14.5. The van der Waals surface area contributed by atoms with Crippen LogP contribution in [-0.2, 0) is 17.8 Å². The van der Waals surface area contributed by atoms with E-state index in [9.17, 15) is 4.79 Å². The van der Waals surface area contributed by atoms with Gasteiger partial charge in [0.2, 0.25) is 0 Å². The summed E-state index contributed by atoms with van der Waals surface area (Å²) < 4.78 is 5.42. The van der Waals surface area contributed by atoms with E-state index in [1.54, 1.807) is 6.07 Å². The van der Waals surface area contributed by atoms with Crippen LogP contribution in [0.4, 0.5) is 5.82 Å². The molecule has 0 aliphatic rings. The number of carbonyl (C=O) groups is 1. The van der Waals surface area contributed by atoms with Crippen molar-refractivity contribution in [3.05, 3.63) is 89.1 Å². The first kappa shape index (κ1) is 20.5. The van der Waals surface area contributed by atoms with Crippen molar-refractivity contribution in [3.8, 4) is 0 Å². The SMILES string of the molecule is Cc1cc(C(=O)OC(C)(C)C)nnc1N(Cc1ccccc1)Cc1ccccc1. The van der Waals surface area contributed by atoms with E-state index in [4.69, 9.17) is 4.74 Å². The summed E-state index contributed by atoms with van der Waals surface area (Å²) in [5, 5.41) is 8.56. The second kappa shape index (κ2) is 8.86. The Morgan fingerprint density at radius 2 is 1.41 bits per heavy atom. The summed E-state index contributed by atoms with van der Waals surface area (Å²) in [7, 11) is 0. The van der Waals surface area contributed by atoms with Crippen molar-refractivity contribution in [2.24, 2.45) is 0 Å². The van der Waals surface area contributed by atoms with Gasteiger partial charge in [-0.05, 0) is 50.5 Å². The van der Waals surface area contributed by atoms with Gasteiger partial charge in [-0.25, -0.2) is 4.79 Å². The second-order valence-electron chi connectivity index (χ2n) is 8.07. The van der Waals surface area contributed by atoms with Gasteiger partial charge in [-0.3, -0.25) is 0 Å². The van der Waals surface area contributed by atoms with Gasteiger partial charge in [0, 0.05) is 13.1 Å². The second-order valence-corrected chi connectivity index (χ2v) is 8.07. The average molecular weight is 389 g/mol. The van der Waals surface area contributed by atoms with Crippen molar-refractivity contribution >= 4 is 11.8 Å². The fourth-order valence-corrected chi connectivity index (χ4v) is 3.03. The van der Waals surface area contributed by atoms with E-state index in [0.717, 1.165) is 11.4 Å². The highest BCUT2D eigenvalue weighted by Crippen LogP contribution is 2.22. The van der Waals surface area contributed by atoms with Crippen LogP contribution in [-0.4, -0.2) is 21.8 Å². The number of nitrogens with zero attached hydrogens (tertiary/aromatic N) is 3. The quantitative estimate of drug-likeness (QED) is 0.559. The van der Waals surface area contributed by atoms with Crippen LogP contribution in [0.3, 0.4) is 0 Å². The van der Waals surface area contributed by atoms with Gasteiger partial charge in [-0.1, -0.05) is 60.7 Å². The third-order valence-corrected chi connectivity index (χ3v) is 4.30. The first-order valence-corrected chi connectivity index (χ1v) is 9.72. The standard InChI is InChI=1S/C24H27N3O2/c1-18-15-21(23(28)29-24(2,3)4)25-26-22(18)27(16-19-11-7-5-8-12-19)17-20-13-9-6-10-14-20/h5-15H,16-17H2,1-4H3. The minimum absolute atomic E-state index is 0.223. The summed E-state index contributed by atoms with van der Waals surface area (Å²) in [5.74, 6) is 0.294. The van der Waals surface area contributed by atoms with Gasteiger partial charge in [-0.2, -0.15) is 0 Å². The molecule has 150 valence electrons. The van der Waals surface area contributed by atoms with Crippen LogP contribution in [0.25, 0.3) is 0 Å². The smallest absolute Gasteiger partial charge is 0.359 e. The van der Waals surface area contributed by atoms with Crippen molar-refractivity contribution in [1.29, 1.82) is 0 Å². The largest absolute Gasteiger partial charge is 0.455 e. The van der Waals surface area contributed by atoms with Gasteiger partial charge in [0.25, 0.3) is 0 Å². The van der Waals surface area contributed by atoms with Crippen molar-refractivity contribution < 1.29 is 9.53 Å². The van der Waals surface area contributed by atoms with Crippen LogP contribution in [0.5, 0.6) is 0 Å². The summed E-state index contributed by atoms with van der Waals surface area (Å²) in [6, 6.07) is 22.2. The maximum absolute atomic E-state index is 12.3. The molecule has 0 atom stereocenters. The molecule has 0 saturated heterocycles. The summed E-state index contributed by atoms with van der Waals surface area (Å²) in [5.41, 5.74) is 2.90. The Hall–Kier alpha value is -3.21. The van der Waals surface area contributed by atoms with Crippen LogP contribution >= 0.6 is 0 Å². The first-order valence-electron chi connectivity index (χ1n) is 9.72. The van der Waals surface area contributed by atoms with Crippen molar-refractivity contribution in [2.45, 2.75) is 46.4 Å². The number of hydrogen-bond donors (Lipinski definition) is 0. The van der Waals surface area contributed by atoms with Crippen molar-refractivity contribution in [2.75, 3.05) is 4.90 Å². The van der Waals surface area contributed by atoms with Gasteiger partial charge in [-0.15, -0.1) is 10.2 Å². The minimum atomic E-state index is -0.571. The molecule has 29 heavy (non-hydrogen) atoms. The maximum Gasteiger partial charge on any atom is 0.359 e. The Balaban J connectivity index is 1.89. The van der Waals surface area contributed by atoms with E-state index < -0.39 is 11.6 Å². The molecule has 5 heteroatoms. The van der Waals surface area contributed by atoms with Gasteiger partial charge in [0.05, 0.1) is 0 Å². The zero-order chi connectivity index (χ0) is 20.9. The molecule has 0 radical (unpaired) electrons. The van der Waals surface area contributed by atoms with E-state index in [2.05, 4.69) is 39.4 Å². The Morgan fingerprint density at radius 1 is 0.897 bits per heavy atom. The van der Waals surface area contributed by atoms with Crippen LogP contribution in [0, 0.1) is 6.92 Å². The average Bonchev–Trinajstić information content (AvgIpc) is 2.68. The lowest BCUT2D eigenvalue weighted by Crippen LogP contribution is -2.27. The molecule has 0 N–H and O–H groups in total. The van der Waals surface area contributed by atoms with Crippen LogP contribution < -0.4 is 4.90 Å². The number of carbonyl (C=O) groups excluding carboxylic acids is 1. The highest BCUT2D eigenvalue weighted by Gasteiger charge is 2.21. The Labute approximate surface area is 172 Å². The molecule has 3 rings (SSSR count). The number of aryl methyl sites for hydroxylation is 1. The molecular weight excluding hydrogens is 362 g/mol. The minimum Gasteiger partial charge on any atom is -0.455 e. The lowest BCUT2D eigenvalue weighted by Gasteiger charge is -2.25. The number of ether oxygens (including phenoxy) is 1. The molecule has 0 unspecified atom stereocenters. The molecule has 0 fully saturated rings. The monoisotopic (exact) mass is 389 g/mol. The zero-order valence-electron chi connectivity index (χ0n) is 17.4. The molecule has 0 aliphatic carbocycles. The topological polar surface area (TPSA) is 55.3 Å². The van der Waals surface area contributed by atoms with Crippen molar-refractivity contribution in [1.82, 2.24) is 10.2 Å². The highest BCUT2D eigenvalue weighted by molar-refractivity contribution is 5.87. The molecule has 0 amide bonds. The number of benzene rings is 2. The predicted octanol–water partition coefficient (Wildman–Crippen LogP) is 4.95. The number of esters is 1. The number of anilines is 1. The van der Waals surface area contributed by atoms with Gasteiger partial charge in [0.15, 0.2) is 11.5 Å². The van der Waals surface area contributed by atoms with E-state index in [0.29, 0.717) is 13.1 Å². The fraction of sp³-hybridized carbons (Fsp3) is 0.292. The molecule has 0 aliphatic heterocycles. The van der Waals surface area contributed by atoms with E-state index >= 15 is 0 Å². The normalized spacial score (nSPS) is 11.2. The maximum atomic E-state index is 12.3. The predicted molar refractivity (Wildman–Crippen MR) is 115 cm³/mol. The molecular formula is C24H27N3O2. The Kier molecular flexibility index (Phi) is 6.27. The molecule has 3 aromatic rings. The molecule has 0 bridgehead atoms. The molecule has 2 aromatic carbocycles. The lowest BCUT2D eigenvalue weighted by atomic mass is 10.1.